The summed E-state index contributed by atoms with van der Waals surface area (Å²) in [5.74, 6) is 0. The molecule has 1 aromatic rings. The second-order valence-electron chi connectivity index (χ2n) is 5.63. The van der Waals surface area contributed by atoms with Crippen LogP contribution in [-0.2, 0) is 11.3 Å². The predicted molar refractivity (Wildman–Crippen MR) is 74.8 cm³/mol. The Kier molecular flexibility index (Phi) is 5.36. The molecule has 1 amide bonds. The number of aliphatic hydroxyl groups is 1. The average Bonchev–Trinajstić information content (AvgIpc) is 2.34. The van der Waals surface area contributed by atoms with Gasteiger partial charge in [0.2, 0.25) is 0 Å². The first kappa shape index (κ1) is 15.5. The van der Waals surface area contributed by atoms with E-state index in [0.29, 0.717) is 6.54 Å². The zero-order valence-electron chi connectivity index (χ0n) is 12.1. The van der Waals surface area contributed by atoms with Crippen molar-refractivity contribution < 1.29 is 14.6 Å². The third-order valence-electron chi connectivity index (χ3n) is 2.62. The summed E-state index contributed by atoms with van der Waals surface area (Å²) in [5.41, 5.74) is 0.468. The molecule has 0 aliphatic heterocycles. The van der Waals surface area contributed by atoms with Crippen molar-refractivity contribution in [1.29, 1.82) is 0 Å². The van der Waals surface area contributed by atoms with E-state index in [1.165, 1.54) is 0 Å². The number of benzene rings is 1. The summed E-state index contributed by atoms with van der Waals surface area (Å²) < 4.78 is 5.37. The van der Waals surface area contributed by atoms with Crippen LogP contribution in [0.3, 0.4) is 0 Å². The molecule has 1 aromatic carbocycles. The van der Waals surface area contributed by atoms with Crippen molar-refractivity contribution >= 4 is 6.09 Å². The normalized spacial score (nSPS) is 12.9. The van der Waals surface area contributed by atoms with Crippen molar-refractivity contribution in [2.24, 2.45) is 0 Å². The highest BCUT2D eigenvalue weighted by Crippen LogP contribution is 2.15. The lowest BCUT2D eigenvalue weighted by Crippen LogP contribution is -2.43. The van der Waals surface area contributed by atoms with E-state index < -0.39 is 11.7 Å². The van der Waals surface area contributed by atoms with E-state index in [9.17, 15) is 9.90 Å². The van der Waals surface area contributed by atoms with Crippen LogP contribution in [0.5, 0.6) is 0 Å². The highest BCUT2D eigenvalue weighted by molar-refractivity contribution is 5.68. The number of amides is 1. The van der Waals surface area contributed by atoms with Crippen LogP contribution in [0.4, 0.5) is 4.79 Å². The fourth-order valence-electron chi connectivity index (χ4n) is 1.60. The van der Waals surface area contributed by atoms with Crippen molar-refractivity contribution in [3.8, 4) is 0 Å². The first-order chi connectivity index (χ1) is 8.83. The summed E-state index contributed by atoms with van der Waals surface area (Å²) in [7, 11) is 0. The van der Waals surface area contributed by atoms with Crippen molar-refractivity contribution in [2.75, 3.05) is 6.61 Å². The molecular formula is C15H23NO3. The third kappa shape index (κ3) is 5.30. The molecule has 0 fully saturated rings. The second-order valence-corrected chi connectivity index (χ2v) is 5.63. The van der Waals surface area contributed by atoms with Gasteiger partial charge in [-0.2, -0.15) is 0 Å². The summed E-state index contributed by atoms with van der Waals surface area (Å²) in [4.78, 5) is 13.7. The minimum Gasteiger partial charge on any atom is -0.444 e. The minimum absolute atomic E-state index is 0.0912. The summed E-state index contributed by atoms with van der Waals surface area (Å²) in [6.07, 6.45) is -0.405. The van der Waals surface area contributed by atoms with Crippen molar-refractivity contribution in [3.63, 3.8) is 0 Å². The third-order valence-corrected chi connectivity index (χ3v) is 2.62. The van der Waals surface area contributed by atoms with Gasteiger partial charge in [0, 0.05) is 6.54 Å². The number of carbonyl (C=O) groups excluding carboxylic acids is 1. The maximum absolute atomic E-state index is 12.2. The number of hydrogen-bond donors (Lipinski definition) is 1. The van der Waals surface area contributed by atoms with Crippen LogP contribution in [0, 0.1) is 0 Å². The summed E-state index contributed by atoms with van der Waals surface area (Å²) in [5, 5.41) is 9.28. The molecule has 1 atom stereocenters. The molecule has 0 aromatic heterocycles. The van der Waals surface area contributed by atoms with Crippen LogP contribution in [0.25, 0.3) is 0 Å². The number of nitrogens with zero attached hydrogens (tertiary/aromatic N) is 1. The highest BCUT2D eigenvalue weighted by Gasteiger charge is 2.25. The number of aliphatic hydroxyl groups excluding tert-OH is 1. The van der Waals surface area contributed by atoms with Crippen molar-refractivity contribution in [1.82, 2.24) is 4.90 Å². The fraction of sp³-hybridized carbons (Fsp3) is 0.533. The Bertz CT molecular complexity index is 398. The van der Waals surface area contributed by atoms with E-state index in [0.717, 1.165) is 5.56 Å². The number of rotatable bonds is 4. The Labute approximate surface area is 115 Å². The Hall–Kier alpha value is -1.55. The largest absolute Gasteiger partial charge is 0.444 e. The van der Waals surface area contributed by atoms with E-state index in [4.69, 9.17) is 4.74 Å². The molecule has 0 saturated carbocycles. The minimum atomic E-state index is -0.540. The second kappa shape index (κ2) is 6.57. The molecule has 19 heavy (non-hydrogen) atoms. The highest BCUT2D eigenvalue weighted by atomic mass is 16.6. The average molecular weight is 265 g/mol. The van der Waals surface area contributed by atoms with Crippen LogP contribution < -0.4 is 0 Å². The molecule has 106 valence electrons. The van der Waals surface area contributed by atoms with E-state index in [1.54, 1.807) is 11.8 Å². The zero-order chi connectivity index (χ0) is 14.5. The molecular weight excluding hydrogens is 242 g/mol. The van der Waals surface area contributed by atoms with Crippen molar-refractivity contribution in [3.05, 3.63) is 35.9 Å². The Morgan fingerprint density at radius 2 is 1.89 bits per heavy atom. The van der Waals surface area contributed by atoms with Gasteiger partial charge in [-0.25, -0.2) is 4.79 Å². The van der Waals surface area contributed by atoms with Gasteiger partial charge >= 0.3 is 6.09 Å². The van der Waals surface area contributed by atoms with E-state index >= 15 is 0 Å². The molecule has 1 N–H and O–H groups in total. The molecule has 4 heteroatoms. The van der Waals surface area contributed by atoms with Crippen molar-refractivity contribution in [2.45, 2.75) is 45.9 Å². The lowest BCUT2D eigenvalue weighted by atomic mass is 10.2. The molecule has 0 heterocycles. The monoisotopic (exact) mass is 265 g/mol. The van der Waals surface area contributed by atoms with E-state index in [2.05, 4.69) is 0 Å². The van der Waals surface area contributed by atoms with E-state index in [1.807, 2.05) is 51.1 Å². The molecule has 4 nitrogen and oxygen atoms in total. The van der Waals surface area contributed by atoms with Crippen LogP contribution in [-0.4, -0.2) is 34.3 Å². The van der Waals surface area contributed by atoms with Gasteiger partial charge in [0.25, 0.3) is 0 Å². The van der Waals surface area contributed by atoms with Crippen LogP contribution in [0.2, 0.25) is 0 Å². The Morgan fingerprint density at radius 3 is 2.37 bits per heavy atom. The quantitative estimate of drug-likeness (QED) is 0.910. The molecule has 0 radical (unpaired) electrons. The Balaban J connectivity index is 2.81. The van der Waals surface area contributed by atoms with Gasteiger partial charge < -0.3 is 9.84 Å². The first-order valence-electron chi connectivity index (χ1n) is 6.48. The number of carbonyl (C=O) groups is 1. The molecule has 0 unspecified atom stereocenters. The maximum Gasteiger partial charge on any atom is 0.410 e. The SMILES string of the molecule is C[C@@H](CO)N(Cc1ccccc1)C(=O)OC(C)(C)C. The lowest BCUT2D eigenvalue weighted by molar-refractivity contribution is 0.00938. The zero-order valence-corrected chi connectivity index (χ0v) is 12.1. The topological polar surface area (TPSA) is 49.8 Å². The predicted octanol–water partition coefficient (Wildman–Crippen LogP) is 2.80. The summed E-state index contributed by atoms with van der Waals surface area (Å²) >= 11 is 0. The smallest absolute Gasteiger partial charge is 0.410 e. The maximum atomic E-state index is 12.2. The van der Waals surface area contributed by atoms with Gasteiger partial charge in [0.1, 0.15) is 5.60 Å². The lowest BCUT2D eigenvalue weighted by Gasteiger charge is -2.31. The number of hydrogen-bond acceptors (Lipinski definition) is 3. The molecule has 0 bridgehead atoms. The van der Waals surface area contributed by atoms with E-state index in [-0.39, 0.29) is 12.6 Å². The number of ether oxygens (including phenoxy) is 1. The summed E-state index contributed by atoms with van der Waals surface area (Å²) in [6.45, 7) is 7.62. The van der Waals surface area contributed by atoms with Gasteiger partial charge in [-0.05, 0) is 33.3 Å². The van der Waals surface area contributed by atoms with Crippen LogP contribution in [0.15, 0.2) is 30.3 Å². The molecule has 0 saturated heterocycles. The molecule has 1 rings (SSSR count). The van der Waals surface area contributed by atoms with Crippen LogP contribution in [0.1, 0.15) is 33.3 Å². The fourth-order valence-corrected chi connectivity index (χ4v) is 1.60. The van der Waals surface area contributed by atoms with Crippen LogP contribution >= 0.6 is 0 Å². The Morgan fingerprint density at radius 1 is 1.32 bits per heavy atom. The van der Waals surface area contributed by atoms with Gasteiger partial charge in [0.15, 0.2) is 0 Å². The summed E-state index contributed by atoms with van der Waals surface area (Å²) in [6, 6.07) is 9.38. The molecule has 0 aliphatic carbocycles. The van der Waals surface area contributed by atoms with Gasteiger partial charge in [-0.15, -0.1) is 0 Å². The standard InChI is InChI=1S/C15H23NO3/c1-12(11-17)16(14(18)19-15(2,3)4)10-13-8-6-5-7-9-13/h5-9,12,17H,10-11H2,1-4H3/t12-/m0/s1. The molecule has 0 spiro atoms. The van der Waals surface area contributed by atoms with Gasteiger partial charge in [-0.3, -0.25) is 4.90 Å². The molecule has 0 aliphatic rings. The van der Waals surface area contributed by atoms with Gasteiger partial charge in [-0.1, -0.05) is 30.3 Å². The first-order valence-corrected chi connectivity index (χ1v) is 6.48. The van der Waals surface area contributed by atoms with Gasteiger partial charge in [0.05, 0.1) is 12.6 Å².